The van der Waals surface area contributed by atoms with Crippen molar-refractivity contribution in [3.63, 3.8) is 0 Å². The number of ether oxygens (including phenoxy) is 1. The molecule has 0 aliphatic carbocycles. The fourth-order valence-corrected chi connectivity index (χ4v) is 5.95. The molecule has 0 saturated carbocycles. The maximum Gasteiger partial charge on any atom is 0.184 e. The van der Waals surface area contributed by atoms with E-state index in [0.717, 1.165) is 20.3 Å². The van der Waals surface area contributed by atoms with Crippen LogP contribution in [0.5, 0.6) is 0 Å². The first-order chi connectivity index (χ1) is 13.3. The minimum Gasteiger partial charge on any atom is -0.477 e. The second kappa shape index (κ2) is 8.85. The second-order valence-electron chi connectivity index (χ2n) is 7.31. The van der Waals surface area contributed by atoms with Gasteiger partial charge in [-0.3, -0.25) is 0 Å². The Labute approximate surface area is 174 Å². The van der Waals surface area contributed by atoms with Gasteiger partial charge in [0.2, 0.25) is 0 Å². The number of hydrogen-bond donors (Lipinski definition) is 1. The topological polar surface area (TPSA) is 46.5 Å². The predicted molar refractivity (Wildman–Crippen MR) is 117 cm³/mol. The normalized spacial score (nSPS) is 21.9. The minimum atomic E-state index is -1.24. The van der Waals surface area contributed by atoms with Crippen molar-refractivity contribution in [1.82, 2.24) is 0 Å². The average molecular weight is 417 g/mol. The van der Waals surface area contributed by atoms with Gasteiger partial charge < -0.3 is 9.84 Å². The van der Waals surface area contributed by atoms with Crippen molar-refractivity contribution in [2.24, 2.45) is 0 Å². The van der Waals surface area contributed by atoms with Crippen molar-refractivity contribution in [3.05, 3.63) is 70.3 Å². The molecule has 5 heteroatoms. The zero-order chi connectivity index (χ0) is 20.3. The molecule has 0 saturated heterocycles. The molecule has 3 atom stereocenters. The number of aliphatic hydroxyl groups is 1. The standard InChI is InChI=1S/C23H28O3S2/c1-5-22(24)23(27-19-10-6-16(2)7-11-19)15-14-21(18(4)26-23)28(25)20-12-8-17(3)9-13-20/h6-13,22,24H,5,14-15H2,1-4H3/t22-,23+,28+/m1/s1. The van der Waals surface area contributed by atoms with Gasteiger partial charge in [0.15, 0.2) is 4.93 Å². The third-order valence-corrected chi connectivity index (χ3v) is 8.14. The Morgan fingerprint density at radius 1 is 1.07 bits per heavy atom. The van der Waals surface area contributed by atoms with Crippen molar-refractivity contribution in [2.75, 3.05) is 0 Å². The van der Waals surface area contributed by atoms with Gasteiger partial charge >= 0.3 is 0 Å². The van der Waals surface area contributed by atoms with Crippen molar-refractivity contribution in [3.8, 4) is 0 Å². The van der Waals surface area contributed by atoms with Gasteiger partial charge in [-0.1, -0.05) is 54.1 Å². The van der Waals surface area contributed by atoms with E-state index in [0.29, 0.717) is 25.0 Å². The highest BCUT2D eigenvalue weighted by atomic mass is 32.2. The zero-order valence-electron chi connectivity index (χ0n) is 16.9. The fourth-order valence-electron chi connectivity index (χ4n) is 3.35. The molecule has 1 heterocycles. The van der Waals surface area contributed by atoms with E-state index in [1.165, 1.54) is 5.56 Å². The van der Waals surface area contributed by atoms with E-state index in [1.54, 1.807) is 11.8 Å². The summed E-state index contributed by atoms with van der Waals surface area (Å²) in [6.07, 6.45) is 1.25. The number of thioether (sulfide) groups is 1. The first-order valence-electron chi connectivity index (χ1n) is 9.65. The van der Waals surface area contributed by atoms with E-state index in [9.17, 15) is 9.32 Å². The van der Waals surface area contributed by atoms with Gasteiger partial charge in [-0.25, -0.2) is 4.21 Å². The van der Waals surface area contributed by atoms with E-state index < -0.39 is 21.8 Å². The molecule has 3 rings (SSSR count). The maximum atomic E-state index is 13.1. The quantitative estimate of drug-likeness (QED) is 0.655. The van der Waals surface area contributed by atoms with Gasteiger partial charge in [0.25, 0.3) is 0 Å². The minimum absolute atomic E-state index is 0.600. The van der Waals surface area contributed by atoms with Crippen LogP contribution in [0.25, 0.3) is 0 Å². The fraction of sp³-hybridized carbons (Fsp3) is 0.391. The molecule has 2 aromatic rings. The Balaban J connectivity index is 1.88. The van der Waals surface area contributed by atoms with Gasteiger partial charge in [-0.15, -0.1) is 0 Å². The summed E-state index contributed by atoms with van der Waals surface area (Å²) >= 11 is 1.56. The summed E-state index contributed by atoms with van der Waals surface area (Å²) in [7, 11) is -1.24. The molecule has 0 unspecified atom stereocenters. The molecule has 1 aliphatic heterocycles. The van der Waals surface area contributed by atoms with Crippen LogP contribution in [0.4, 0.5) is 0 Å². The summed E-state index contributed by atoms with van der Waals surface area (Å²) in [5.74, 6) is 0.664. The predicted octanol–water partition coefficient (Wildman–Crippen LogP) is 5.71. The molecule has 3 nitrogen and oxygen atoms in total. The lowest BCUT2D eigenvalue weighted by molar-refractivity contribution is -0.0427. The zero-order valence-corrected chi connectivity index (χ0v) is 18.5. The lowest BCUT2D eigenvalue weighted by atomic mass is 10.0. The Morgan fingerprint density at radius 2 is 1.64 bits per heavy atom. The lowest BCUT2D eigenvalue weighted by Gasteiger charge is -2.41. The number of aryl methyl sites for hydroxylation is 2. The molecule has 0 radical (unpaired) electrons. The largest absolute Gasteiger partial charge is 0.477 e. The summed E-state index contributed by atoms with van der Waals surface area (Å²) < 4.78 is 19.4. The van der Waals surface area contributed by atoms with Crippen molar-refractivity contribution in [1.29, 1.82) is 0 Å². The summed E-state index contributed by atoms with van der Waals surface area (Å²) in [6.45, 7) is 7.91. The van der Waals surface area contributed by atoms with Crippen LogP contribution in [-0.2, 0) is 15.5 Å². The first-order valence-corrected chi connectivity index (χ1v) is 11.6. The molecule has 150 valence electrons. The first kappa shape index (κ1) is 21.2. The Morgan fingerprint density at radius 3 is 2.18 bits per heavy atom. The molecular formula is C23H28O3S2. The van der Waals surface area contributed by atoms with Crippen LogP contribution in [0, 0.1) is 13.8 Å². The summed E-state index contributed by atoms with van der Waals surface area (Å²) in [5.41, 5.74) is 2.34. The maximum absolute atomic E-state index is 13.1. The summed E-state index contributed by atoms with van der Waals surface area (Å²) in [6, 6.07) is 16.0. The van der Waals surface area contributed by atoms with Crippen LogP contribution in [0.3, 0.4) is 0 Å². The molecule has 1 N–H and O–H groups in total. The summed E-state index contributed by atoms with van der Waals surface area (Å²) in [5, 5.41) is 10.8. The smallest absolute Gasteiger partial charge is 0.184 e. The Hall–Kier alpha value is -1.56. The highest BCUT2D eigenvalue weighted by molar-refractivity contribution is 8.00. The molecule has 0 spiro atoms. The van der Waals surface area contributed by atoms with Crippen LogP contribution in [0.2, 0.25) is 0 Å². The van der Waals surface area contributed by atoms with E-state index in [1.807, 2.05) is 45.0 Å². The van der Waals surface area contributed by atoms with E-state index in [2.05, 4.69) is 31.2 Å². The monoisotopic (exact) mass is 416 g/mol. The van der Waals surface area contributed by atoms with Crippen molar-refractivity contribution < 1.29 is 14.1 Å². The number of allylic oxidation sites excluding steroid dienone is 2. The van der Waals surface area contributed by atoms with Gasteiger partial charge in [-0.2, -0.15) is 0 Å². The molecule has 1 aliphatic rings. The average Bonchev–Trinajstić information content (AvgIpc) is 2.69. The Bertz CT molecular complexity index is 872. The van der Waals surface area contributed by atoms with Crippen molar-refractivity contribution in [2.45, 2.75) is 67.8 Å². The van der Waals surface area contributed by atoms with Crippen LogP contribution in [0.1, 0.15) is 44.2 Å². The molecular weight excluding hydrogens is 388 g/mol. The number of benzene rings is 2. The van der Waals surface area contributed by atoms with E-state index >= 15 is 0 Å². The lowest BCUT2D eigenvalue weighted by Crippen LogP contribution is -2.43. The van der Waals surface area contributed by atoms with Crippen LogP contribution in [-0.4, -0.2) is 20.4 Å². The second-order valence-corrected chi connectivity index (χ2v) is 10.2. The molecule has 0 amide bonds. The number of rotatable bonds is 6. The third kappa shape index (κ3) is 4.53. The molecule has 28 heavy (non-hydrogen) atoms. The number of hydrogen-bond acceptors (Lipinski definition) is 4. The molecule has 0 bridgehead atoms. The highest BCUT2D eigenvalue weighted by Crippen LogP contribution is 2.47. The van der Waals surface area contributed by atoms with Crippen LogP contribution < -0.4 is 0 Å². The molecule has 0 aromatic heterocycles. The van der Waals surface area contributed by atoms with E-state index in [-0.39, 0.29) is 0 Å². The van der Waals surface area contributed by atoms with E-state index in [4.69, 9.17) is 4.74 Å². The molecule has 0 fully saturated rings. The SMILES string of the molecule is CC[C@@H](O)[C@@]1(Sc2ccc(C)cc2)CCC([S@@](=O)c2ccc(C)cc2)=C(C)O1. The van der Waals surface area contributed by atoms with Crippen LogP contribution >= 0.6 is 11.8 Å². The van der Waals surface area contributed by atoms with Gasteiger partial charge in [0, 0.05) is 16.2 Å². The molecule has 2 aromatic carbocycles. The van der Waals surface area contributed by atoms with Crippen molar-refractivity contribution >= 4 is 22.6 Å². The van der Waals surface area contributed by atoms with Gasteiger partial charge in [-0.05, 0) is 57.9 Å². The van der Waals surface area contributed by atoms with Gasteiger partial charge in [0.1, 0.15) is 11.9 Å². The Kier molecular flexibility index (Phi) is 6.69. The summed E-state index contributed by atoms with van der Waals surface area (Å²) in [4.78, 5) is 1.91. The highest BCUT2D eigenvalue weighted by Gasteiger charge is 2.44. The third-order valence-electron chi connectivity index (χ3n) is 5.08. The van der Waals surface area contributed by atoms with Gasteiger partial charge in [0.05, 0.1) is 15.7 Å². The number of aliphatic hydroxyl groups excluding tert-OH is 1. The van der Waals surface area contributed by atoms with Crippen LogP contribution in [0.15, 0.2) is 69.0 Å².